The molecule has 0 bridgehead atoms. The molecule has 0 aromatic rings. The maximum atomic E-state index is 11.5. The van der Waals surface area contributed by atoms with Crippen LogP contribution in [0.5, 0.6) is 0 Å². The molecule has 2 N–H and O–H groups in total. The summed E-state index contributed by atoms with van der Waals surface area (Å²) in [7, 11) is -9.91. The molecule has 0 radical (unpaired) electrons. The lowest BCUT2D eigenvalue weighted by Crippen LogP contribution is -2.11. The molecule has 0 saturated carbocycles. The van der Waals surface area contributed by atoms with Crippen molar-refractivity contribution in [3.05, 3.63) is 24.3 Å². The van der Waals surface area contributed by atoms with E-state index in [0.29, 0.717) is 0 Å². The van der Waals surface area contributed by atoms with Crippen LogP contribution in [0.3, 0.4) is 0 Å². The first-order valence-corrected chi connectivity index (χ1v) is 9.66. The van der Waals surface area contributed by atoms with Crippen LogP contribution < -0.4 is 0 Å². The summed E-state index contributed by atoms with van der Waals surface area (Å²) in [5.74, 6) is -1.48. The molecular formula is C12H20O11P2. The van der Waals surface area contributed by atoms with Crippen LogP contribution in [-0.4, -0.2) is 48.2 Å². The van der Waals surface area contributed by atoms with E-state index in [1.807, 2.05) is 0 Å². The summed E-state index contributed by atoms with van der Waals surface area (Å²) in [6, 6.07) is 0. The van der Waals surface area contributed by atoms with Gasteiger partial charge < -0.3 is 19.3 Å². The van der Waals surface area contributed by atoms with Crippen molar-refractivity contribution in [1.82, 2.24) is 0 Å². The number of hydrogen-bond acceptors (Lipinski definition) is 9. The molecule has 0 aromatic heterocycles. The Hall–Kier alpha value is -1.32. The van der Waals surface area contributed by atoms with E-state index in [4.69, 9.17) is 0 Å². The van der Waals surface area contributed by atoms with E-state index in [2.05, 4.69) is 36.0 Å². The zero-order valence-electron chi connectivity index (χ0n) is 13.7. The van der Waals surface area contributed by atoms with E-state index in [-0.39, 0.29) is 11.1 Å². The molecule has 11 nitrogen and oxygen atoms in total. The number of carbonyl (C=O) groups is 2. The smallest absolute Gasteiger partial charge is 0.460 e. The van der Waals surface area contributed by atoms with Gasteiger partial charge >= 0.3 is 27.6 Å². The summed E-state index contributed by atoms with van der Waals surface area (Å²) < 4.78 is 44.8. The van der Waals surface area contributed by atoms with Gasteiger partial charge in [-0.15, -0.1) is 0 Å². The van der Waals surface area contributed by atoms with E-state index in [1.165, 1.54) is 13.8 Å². The Bertz CT molecular complexity index is 560. The summed E-state index contributed by atoms with van der Waals surface area (Å²) in [6.07, 6.45) is 0. The summed E-state index contributed by atoms with van der Waals surface area (Å²) in [5.41, 5.74) is 0.230. The zero-order valence-corrected chi connectivity index (χ0v) is 15.5. The Labute approximate surface area is 144 Å². The Balaban J connectivity index is 4.19. The fraction of sp³-hybridized carbons (Fsp3) is 0.500. The molecule has 0 rings (SSSR count). The molecule has 0 aliphatic rings. The van der Waals surface area contributed by atoms with E-state index in [1.54, 1.807) is 0 Å². The molecule has 0 fully saturated rings. The van der Waals surface area contributed by atoms with Gasteiger partial charge in [-0.1, -0.05) is 13.2 Å². The standard InChI is InChI=1S/C12H20O11P2/c1-9(2)11(13)19-5-7-21-24(15,16)23-25(17,18)22-8-6-20-12(14)10(3)4/h1,3,5-8H2,2,4H3,(H,15,16)(H,17,18). The minimum atomic E-state index is -4.95. The van der Waals surface area contributed by atoms with Gasteiger partial charge in [0.1, 0.15) is 13.2 Å². The highest BCUT2D eigenvalue weighted by molar-refractivity contribution is 7.61. The van der Waals surface area contributed by atoms with Gasteiger partial charge in [0.25, 0.3) is 0 Å². The first-order valence-electron chi connectivity index (χ1n) is 6.67. The molecule has 0 heterocycles. The highest BCUT2D eigenvalue weighted by Crippen LogP contribution is 2.60. The number of rotatable bonds is 12. The second kappa shape index (κ2) is 10.6. The molecule has 0 aromatic carbocycles. The van der Waals surface area contributed by atoms with Gasteiger partial charge in [0.15, 0.2) is 0 Å². The fourth-order valence-corrected chi connectivity index (χ4v) is 3.03. The topological polar surface area (TPSA) is 155 Å². The normalized spacial score (nSPS) is 15.5. The average Bonchev–Trinajstić information content (AvgIpc) is 2.46. The number of phosphoric acid groups is 2. The average molecular weight is 402 g/mol. The van der Waals surface area contributed by atoms with Crippen LogP contribution in [0.4, 0.5) is 0 Å². The van der Waals surface area contributed by atoms with Crippen LogP contribution in [0.15, 0.2) is 24.3 Å². The number of hydrogen-bond donors (Lipinski definition) is 2. The van der Waals surface area contributed by atoms with Gasteiger partial charge in [-0.3, -0.25) is 9.05 Å². The van der Waals surface area contributed by atoms with Gasteiger partial charge in [0.2, 0.25) is 0 Å². The van der Waals surface area contributed by atoms with Crippen molar-refractivity contribution in [2.45, 2.75) is 13.8 Å². The number of ether oxygens (including phenoxy) is 2. The van der Waals surface area contributed by atoms with Gasteiger partial charge in [0, 0.05) is 11.1 Å². The molecule has 0 saturated heterocycles. The van der Waals surface area contributed by atoms with Crippen molar-refractivity contribution >= 4 is 27.6 Å². The molecule has 0 aliphatic heterocycles. The van der Waals surface area contributed by atoms with Crippen molar-refractivity contribution in [3.8, 4) is 0 Å². The summed E-state index contributed by atoms with van der Waals surface area (Å²) in [4.78, 5) is 40.7. The van der Waals surface area contributed by atoms with E-state index in [0.717, 1.165) is 0 Å². The van der Waals surface area contributed by atoms with Crippen molar-refractivity contribution < 1.29 is 51.3 Å². The molecule has 144 valence electrons. The SMILES string of the molecule is C=C(C)C(=O)OCCOP(=O)(O)OP(=O)(O)OCCOC(=O)C(=C)C. The Morgan fingerprint density at radius 2 is 1.12 bits per heavy atom. The van der Waals surface area contributed by atoms with Gasteiger partial charge in [0.05, 0.1) is 13.2 Å². The predicted octanol–water partition coefficient (Wildman–Crippen LogP) is 1.48. The second-order valence-corrected chi connectivity index (χ2v) is 7.56. The molecule has 25 heavy (non-hydrogen) atoms. The first-order chi connectivity index (χ1) is 11.4. The van der Waals surface area contributed by atoms with Gasteiger partial charge in [-0.25, -0.2) is 18.7 Å². The van der Waals surface area contributed by atoms with Crippen LogP contribution in [0, 0.1) is 0 Å². The Morgan fingerprint density at radius 1 is 0.800 bits per heavy atom. The third-order valence-corrected chi connectivity index (χ3v) is 4.71. The maximum Gasteiger partial charge on any atom is 0.481 e. The van der Waals surface area contributed by atoms with Crippen LogP contribution in [0.25, 0.3) is 0 Å². The molecule has 0 aliphatic carbocycles. The molecule has 2 unspecified atom stereocenters. The van der Waals surface area contributed by atoms with E-state index < -0.39 is 54.0 Å². The quantitative estimate of drug-likeness (QED) is 0.211. The molecular weight excluding hydrogens is 382 g/mol. The second-order valence-electron chi connectivity index (χ2n) is 4.52. The van der Waals surface area contributed by atoms with Crippen molar-refractivity contribution in [3.63, 3.8) is 0 Å². The number of carbonyl (C=O) groups excluding carboxylic acids is 2. The first kappa shape index (κ1) is 23.7. The Morgan fingerprint density at radius 3 is 1.40 bits per heavy atom. The Kier molecular flexibility index (Phi) is 10.1. The third kappa shape index (κ3) is 11.8. The lowest BCUT2D eigenvalue weighted by molar-refractivity contribution is -0.140. The number of esters is 2. The monoisotopic (exact) mass is 402 g/mol. The lowest BCUT2D eigenvalue weighted by Gasteiger charge is -2.16. The molecule has 0 amide bonds. The number of phosphoric ester groups is 2. The zero-order chi connectivity index (χ0) is 19.7. The molecule has 2 atom stereocenters. The summed E-state index contributed by atoms with van der Waals surface area (Å²) in [5, 5.41) is 0. The highest BCUT2D eigenvalue weighted by atomic mass is 31.3. The summed E-state index contributed by atoms with van der Waals surface area (Å²) in [6.45, 7) is 7.46. The van der Waals surface area contributed by atoms with Crippen LogP contribution >= 0.6 is 15.6 Å². The third-order valence-electron chi connectivity index (χ3n) is 2.05. The fourth-order valence-electron chi connectivity index (χ4n) is 0.998. The van der Waals surface area contributed by atoms with Crippen molar-refractivity contribution in [2.24, 2.45) is 0 Å². The predicted molar refractivity (Wildman–Crippen MR) is 84.2 cm³/mol. The van der Waals surface area contributed by atoms with E-state index in [9.17, 15) is 28.5 Å². The molecule has 0 spiro atoms. The van der Waals surface area contributed by atoms with E-state index >= 15 is 0 Å². The van der Waals surface area contributed by atoms with Crippen LogP contribution in [0.1, 0.15) is 13.8 Å². The van der Waals surface area contributed by atoms with Crippen LogP contribution in [0.2, 0.25) is 0 Å². The van der Waals surface area contributed by atoms with Crippen molar-refractivity contribution in [2.75, 3.05) is 26.4 Å². The minimum Gasteiger partial charge on any atom is -0.460 e. The largest absolute Gasteiger partial charge is 0.481 e. The maximum absolute atomic E-state index is 11.5. The highest BCUT2D eigenvalue weighted by Gasteiger charge is 2.35. The van der Waals surface area contributed by atoms with Gasteiger partial charge in [-0.05, 0) is 13.8 Å². The molecule has 13 heteroatoms. The summed E-state index contributed by atoms with van der Waals surface area (Å²) >= 11 is 0. The lowest BCUT2D eigenvalue weighted by atomic mass is 10.4. The van der Waals surface area contributed by atoms with Crippen LogP contribution in [-0.2, 0) is 41.6 Å². The van der Waals surface area contributed by atoms with Gasteiger partial charge in [-0.2, -0.15) is 4.31 Å². The van der Waals surface area contributed by atoms with Crippen molar-refractivity contribution in [1.29, 1.82) is 0 Å². The minimum absolute atomic E-state index is 0.115.